The maximum atomic E-state index is 5.72. The molecule has 1 aromatic rings. The van der Waals surface area contributed by atoms with E-state index in [4.69, 9.17) is 14.1 Å². The molecular formula is C18H29N3O2S. The number of nitrogens with zero attached hydrogens (tertiary/aromatic N) is 2. The van der Waals surface area contributed by atoms with Gasteiger partial charge in [0.25, 0.3) is 0 Å². The van der Waals surface area contributed by atoms with Crippen LogP contribution in [-0.4, -0.2) is 60.2 Å². The zero-order valence-corrected chi connectivity index (χ0v) is 15.6. The second kappa shape index (κ2) is 8.30. The van der Waals surface area contributed by atoms with E-state index in [0.29, 0.717) is 6.10 Å². The van der Waals surface area contributed by atoms with Crippen molar-refractivity contribution >= 4 is 17.7 Å². The molecule has 2 fully saturated rings. The van der Waals surface area contributed by atoms with Gasteiger partial charge in [0.1, 0.15) is 5.76 Å². The van der Waals surface area contributed by atoms with Crippen LogP contribution in [0, 0.1) is 0 Å². The van der Waals surface area contributed by atoms with Crippen LogP contribution in [0.1, 0.15) is 32.4 Å². The Labute approximate surface area is 149 Å². The average Bonchev–Trinajstić information content (AvgIpc) is 3.23. The van der Waals surface area contributed by atoms with Crippen LogP contribution in [0.15, 0.2) is 27.8 Å². The molecule has 1 aromatic heterocycles. The van der Waals surface area contributed by atoms with E-state index in [1.807, 2.05) is 23.9 Å². The largest absolute Gasteiger partial charge is 0.469 e. The third-order valence-electron chi connectivity index (χ3n) is 4.43. The molecule has 0 aromatic carbocycles. The Hall–Kier alpha value is -1.14. The zero-order valence-electron chi connectivity index (χ0n) is 14.8. The lowest BCUT2D eigenvalue weighted by Crippen LogP contribution is -2.51. The summed E-state index contributed by atoms with van der Waals surface area (Å²) in [5, 5.41) is 3.54. The maximum Gasteiger partial charge on any atom is 0.194 e. The summed E-state index contributed by atoms with van der Waals surface area (Å²) in [6.45, 7) is 9.17. The molecule has 0 radical (unpaired) electrons. The predicted molar refractivity (Wildman–Crippen MR) is 99.8 cm³/mol. The number of aliphatic imine (C=N–C) groups is 1. The van der Waals surface area contributed by atoms with Crippen molar-refractivity contribution in [2.75, 3.05) is 38.5 Å². The fraction of sp³-hybridized carbons (Fsp3) is 0.722. The van der Waals surface area contributed by atoms with Crippen LogP contribution in [0.2, 0.25) is 0 Å². The van der Waals surface area contributed by atoms with E-state index in [2.05, 4.69) is 24.1 Å². The van der Waals surface area contributed by atoms with E-state index < -0.39 is 0 Å². The van der Waals surface area contributed by atoms with Crippen molar-refractivity contribution in [3.63, 3.8) is 0 Å². The minimum atomic E-state index is 0.269. The molecular weight excluding hydrogens is 322 g/mol. The molecule has 1 unspecified atom stereocenters. The number of thioether (sulfide) groups is 1. The van der Waals surface area contributed by atoms with Gasteiger partial charge in [-0.1, -0.05) is 0 Å². The first-order chi connectivity index (χ1) is 11.6. The molecule has 1 N–H and O–H groups in total. The van der Waals surface area contributed by atoms with Gasteiger partial charge in [-0.15, -0.1) is 0 Å². The Morgan fingerprint density at radius 1 is 1.50 bits per heavy atom. The molecule has 2 aliphatic heterocycles. The molecule has 0 amide bonds. The van der Waals surface area contributed by atoms with Gasteiger partial charge in [0.05, 0.1) is 18.9 Å². The summed E-state index contributed by atoms with van der Waals surface area (Å²) in [6, 6.07) is 3.96. The molecule has 5 nitrogen and oxygen atoms in total. The van der Waals surface area contributed by atoms with Crippen LogP contribution >= 0.6 is 11.8 Å². The molecule has 2 aliphatic rings. The summed E-state index contributed by atoms with van der Waals surface area (Å²) in [6.07, 6.45) is 5.18. The monoisotopic (exact) mass is 351 g/mol. The Morgan fingerprint density at radius 3 is 3.12 bits per heavy atom. The van der Waals surface area contributed by atoms with Crippen LogP contribution in [0.3, 0.4) is 0 Å². The van der Waals surface area contributed by atoms with Gasteiger partial charge in [0.15, 0.2) is 5.96 Å². The SMILES string of the molecule is CC1(C)CN(C(=NCC2CCCO2)NCCc2ccco2)CCS1. The molecule has 24 heavy (non-hydrogen) atoms. The third-order valence-corrected chi connectivity index (χ3v) is 5.73. The molecule has 3 heterocycles. The average molecular weight is 352 g/mol. The topological polar surface area (TPSA) is 50.0 Å². The fourth-order valence-corrected chi connectivity index (χ4v) is 4.31. The van der Waals surface area contributed by atoms with Crippen LogP contribution in [0.25, 0.3) is 0 Å². The van der Waals surface area contributed by atoms with Gasteiger partial charge in [-0.25, -0.2) is 0 Å². The molecule has 3 rings (SSSR count). The van der Waals surface area contributed by atoms with Crippen molar-refractivity contribution < 1.29 is 9.15 Å². The summed E-state index contributed by atoms with van der Waals surface area (Å²) >= 11 is 2.04. The summed E-state index contributed by atoms with van der Waals surface area (Å²) in [5.74, 6) is 3.17. The second-order valence-electron chi connectivity index (χ2n) is 7.09. The van der Waals surface area contributed by atoms with Crippen molar-refractivity contribution in [3.8, 4) is 0 Å². The van der Waals surface area contributed by atoms with E-state index in [-0.39, 0.29) is 4.75 Å². The van der Waals surface area contributed by atoms with Gasteiger partial charge in [-0.05, 0) is 38.8 Å². The van der Waals surface area contributed by atoms with Crippen molar-refractivity contribution in [3.05, 3.63) is 24.2 Å². The lowest BCUT2D eigenvalue weighted by atomic mass is 10.2. The van der Waals surface area contributed by atoms with Crippen molar-refractivity contribution in [1.29, 1.82) is 0 Å². The highest BCUT2D eigenvalue weighted by molar-refractivity contribution is 8.00. The number of nitrogens with one attached hydrogen (secondary N) is 1. The Bertz CT molecular complexity index is 524. The molecule has 2 saturated heterocycles. The third kappa shape index (κ3) is 5.18. The normalized spacial score (nSPS) is 24.3. The molecule has 0 spiro atoms. The lowest BCUT2D eigenvalue weighted by Gasteiger charge is -2.39. The van der Waals surface area contributed by atoms with Crippen LogP contribution < -0.4 is 5.32 Å². The summed E-state index contributed by atoms with van der Waals surface area (Å²) in [7, 11) is 0. The maximum absolute atomic E-state index is 5.72. The highest BCUT2D eigenvalue weighted by Gasteiger charge is 2.29. The van der Waals surface area contributed by atoms with Crippen molar-refractivity contribution in [1.82, 2.24) is 10.2 Å². The van der Waals surface area contributed by atoms with Crippen LogP contribution in [0.5, 0.6) is 0 Å². The quantitative estimate of drug-likeness (QED) is 0.653. The second-order valence-corrected chi connectivity index (χ2v) is 8.89. The first-order valence-corrected chi connectivity index (χ1v) is 9.92. The highest BCUT2D eigenvalue weighted by atomic mass is 32.2. The Balaban J connectivity index is 1.59. The van der Waals surface area contributed by atoms with Gasteiger partial charge in [0, 0.05) is 43.2 Å². The molecule has 0 aliphatic carbocycles. The summed E-state index contributed by atoms with van der Waals surface area (Å²) in [4.78, 5) is 7.28. The molecule has 1 atom stereocenters. The van der Waals surface area contributed by atoms with Crippen LogP contribution in [-0.2, 0) is 11.2 Å². The van der Waals surface area contributed by atoms with E-state index in [0.717, 1.165) is 69.5 Å². The number of hydrogen-bond donors (Lipinski definition) is 1. The molecule has 0 bridgehead atoms. The number of furan rings is 1. The molecule has 0 saturated carbocycles. The van der Waals surface area contributed by atoms with Gasteiger partial charge >= 0.3 is 0 Å². The van der Waals surface area contributed by atoms with Crippen molar-refractivity contribution in [2.24, 2.45) is 4.99 Å². The zero-order chi connectivity index (χ0) is 16.8. The van der Waals surface area contributed by atoms with E-state index in [1.54, 1.807) is 6.26 Å². The van der Waals surface area contributed by atoms with Gasteiger partial charge in [-0.3, -0.25) is 4.99 Å². The smallest absolute Gasteiger partial charge is 0.194 e. The standard InChI is InChI=1S/C18H29N3O2S/c1-18(2)14-21(9-12-24-18)17(20-13-16-6-4-11-23-16)19-8-7-15-5-3-10-22-15/h3,5,10,16H,4,6-9,11-14H2,1-2H3,(H,19,20). The van der Waals surface area contributed by atoms with Gasteiger partial charge < -0.3 is 19.4 Å². The highest BCUT2D eigenvalue weighted by Crippen LogP contribution is 2.29. The van der Waals surface area contributed by atoms with Gasteiger partial charge in [-0.2, -0.15) is 11.8 Å². The first kappa shape index (κ1) is 17.7. The lowest BCUT2D eigenvalue weighted by molar-refractivity contribution is 0.117. The van der Waals surface area contributed by atoms with Crippen LogP contribution in [0.4, 0.5) is 0 Å². The number of ether oxygens (including phenoxy) is 1. The van der Waals surface area contributed by atoms with Crippen molar-refractivity contribution in [2.45, 2.75) is 44.0 Å². The fourth-order valence-electron chi connectivity index (χ4n) is 3.19. The summed E-state index contributed by atoms with van der Waals surface area (Å²) < 4.78 is 11.4. The number of hydrogen-bond acceptors (Lipinski definition) is 4. The minimum absolute atomic E-state index is 0.269. The van der Waals surface area contributed by atoms with E-state index in [1.165, 1.54) is 0 Å². The number of rotatable bonds is 5. The van der Waals surface area contributed by atoms with E-state index >= 15 is 0 Å². The number of guanidine groups is 1. The minimum Gasteiger partial charge on any atom is -0.469 e. The molecule has 6 heteroatoms. The Morgan fingerprint density at radius 2 is 2.42 bits per heavy atom. The Kier molecular flexibility index (Phi) is 6.11. The molecule has 134 valence electrons. The van der Waals surface area contributed by atoms with E-state index in [9.17, 15) is 0 Å². The predicted octanol–water partition coefficient (Wildman–Crippen LogP) is 2.77. The van der Waals surface area contributed by atoms with Gasteiger partial charge in [0.2, 0.25) is 0 Å². The summed E-state index contributed by atoms with van der Waals surface area (Å²) in [5.41, 5.74) is 0. The first-order valence-electron chi connectivity index (χ1n) is 8.94.